The van der Waals surface area contributed by atoms with E-state index in [1.54, 1.807) is 0 Å². The SMILES string of the molecule is CNCC1CCC(C(C)C)CC1Cc1cccnc1. The molecule has 1 aliphatic carbocycles. The normalized spacial score (nSPS) is 27.7. The molecular formula is C17H28N2. The van der Waals surface area contributed by atoms with Crippen LogP contribution in [0.15, 0.2) is 24.5 Å². The van der Waals surface area contributed by atoms with Crippen molar-refractivity contribution >= 4 is 0 Å². The molecule has 3 unspecified atom stereocenters. The monoisotopic (exact) mass is 260 g/mol. The number of nitrogens with one attached hydrogen (secondary N) is 1. The highest BCUT2D eigenvalue weighted by molar-refractivity contribution is 5.10. The number of pyridine rings is 1. The van der Waals surface area contributed by atoms with Gasteiger partial charge < -0.3 is 5.32 Å². The first kappa shape index (κ1) is 14.5. The van der Waals surface area contributed by atoms with Crippen LogP contribution >= 0.6 is 0 Å². The zero-order valence-electron chi connectivity index (χ0n) is 12.6. The van der Waals surface area contributed by atoms with E-state index >= 15 is 0 Å². The molecule has 3 atom stereocenters. The third-order valence-corrected chi connectivity index (χ3v) is 4.81. The molecule has 1 N–H and O–H groups in total. The van der Waals surface area contributed by atoms with Gasteiger partial charge in [0.25, 0.3) is 0 Å². The molecule has 0 aromatic carbocycles. The Balaban J connectivity index is 2.03. The van der Waals surface area contributed by atoms with Gasteiger partial charge >= 0.3 is 0 Å². The van der Waals surface area contributed by atoms with Gasteiger partial charge in [-0.05, 0) is 74.6 Å². The lowest BCUT2D eigenvalue weighted by Crippen LogP contribution is -2.34. The van der Waals surface area contributed by atoms with Crippen molar-refractivity contribution in [3.8, 4) is 0 Å². The summed E-state index contributed by atoms with van der Waals surface area (Å²) in [4.78, 5) is 4.26. The highest BCUT2D eigenvalue weighted by Crippen LogP contribution is 2.38. The summed E-state index contributed by atoms with van der Waals surface area (Å²) in [5.41, 5.74) is 1.40. The predicted octanol–water partition coefficient (Wildman–Crippen LogP) is 3.53. The van der Waals surface area contributed by atoms with Crippen molar-refractivity contribution in [1.82, 2.24) is 10.3 Å². The lowest BCUT2D eigenvalue weighted by molar-refractivity contribution is 0.146. The van der Waals surface area contributed by atoms with Gasteiger partial charge in [-0.2, -0.15) is 0 Å². The Morgan fingerprint density at radius 1 is 1.32 bits per heavy atom. The van der Waals surface area contributed by atoms with Crippen molar-refractivity contribution < 1.29 is 0 Å². The van der Waals surface area contributed by atoms with E-state index in [1.165, 1.54) is 31.2 Å². The second-order valence-corrected chi connectivity index (χ2v) is 6.46. The molecule has 0 radical (unpaired) electrons. The molecule has 0 spiro atoms. The first-order valence-electron chi connectivity index (χ1n) is 7.74. The first-order valence-corrected chi connectivity index (χ1v) is 7.74. The summed E-state index contributed by atoms with van der Waals surface area (Å²) < 4.78 is 0. The van der Waals surface area contributed by atoms with Crippen LogP contribution in [0.5, 0.6) is 0 Å². The van der Waals surface area contributed by atoms with Gasteiger partial charge in [0.1, 0.15) is 0 Å². The van der Waals surface area contributed by atoms with E-state index in [4.69, 9.17) is 0 Å². The molecular weight excluding hydrogens is 232 g/mol. The average Bonchev–Trinajstić information content (AvgIpc) is 2.42. The van der Waals surface area contributed by atoms with Crippen LogP contribution in [0.1, 0.15) is 38.7 Å². The van der Waals surface area contributed by atoms with E-state index in [-0.39, 0.29) is 0 Å². The van der Waals surface area contributed by atoms with Gasteiger partial charge in [0, 0.05) is 12.4 Å². The minimum Gasteiger partial charge on any atom is -0.319 e. The number of hydrogen-bond acceptors (Lipinski definition) is 2. The van der Waals surface area contributed by atoms with Gasteiger partial charge in [-0.25, -0.2) is 0 Å². The van der Waals surface area contributed by atoms with Crippen LogP contribution in [0.3, 0.4) is 0 Å². The molecule has 1 aliphatic rings. The number of rotatable bonds is 5. The molecule has 19 heavy (non-hydrogen) atoms. The number of aromatic nitrogens is 1. The first-order chi connectivity index (χ1) is 9.20. The highest BCUT2D eigenvalue weighted by Gasteiger charge is 2.31. The fraction of sp³-hybridized carbons (Fsp3) is 0.706. The van der Waals surface area contributed by atoms with Crippen molar-refractivity contribution in [2.45, 2.75) is 39.5 Å². The maximum atomic E-state index is 4.26. The molecule has 2 rings (SSSR count). The van der Waals surface area contributed by atoms with Crippen LogP contribution in [0, 0.1) is 23.7 Å². The van der Waals surface area contributed by atoms with Crippen LogP contribution in [0.25, 0.3) is 0 Å². The lowest BCUT2D eigenvalue weighted by Gasteiger charge is -2.38. The third kappa shape index (κ3) is 4.04. The molecule has 1 aromatic heterocycles. The third-order valence-electron chi connectivity index (χ3n) is 4.81. The lowest BCUT2D eigenvalue weighted by atomic mass is 9.69. The Bertz CT molecular complexity index is 361. The average molecular weight is 260 g/mol. The Morgan fingerprint density at radius 3 is 2.79 bits per heavy atom. The van der Waals surface area contributed by atoms with E-state index in [2.05, 4.69) is 43.3 Å². The standard InChI is InChI=1S/C17H28N2/c1-13(2)15-6-7-16(12-18-3)17(10-15)9-14-5-4-8-19-11-14/h4-5,8,11,13,15-18H,6-7,9-10,12H2,1-3H3. The zero-order chi connectivity index (χ0) is 13.7. The summed E-state index contributed by atoms with van der Waals surface area (Å²) in [6.07, 6.45) is 9.28. The summed E-state index contributed by atoms with van der Waals surface area (Å²) in [6, 6.07) is 4.29. The second kappa shape index (κ2) is 7.04. The number of nitrogens with zero attached hydrogens (tertiary/aromatic N) is 1. The maximum absolute atomic E-state index is 4.26. The molecule has 1 aromatic rings. The minimum absolute atomic E-state index is 0.817. The Hall–Kier alpha value is -0.890. The summed E-state index contributed by atoms with van der Waals surface area (Å²) in [6.45, 7) is 5.92. The van der Waals surface area contributed by atoms with Crippen LogP contribution < -0.4 is 5.32 Å². The van der Waals surface area contributed by atoms with Crippen LogP contribution in [0.2, 0.25) is 0 Å². The fourth-order valence-electron chi connectivity index (χ4n) is 3.57. The number of hydrogen-bond donors (Lipinski definition) is 1. The molecule has 1 fully saturated rings. The fourth-order valence-corrected chi connectivity index (χ4v) is 3.57. The topological polar surface area (TPSA) is 24.9 Å². The van der Waals surface area contributed by atoms with E-state index in [0.29, 0.717) is 0 Å². The Morgan fingerprint density at radius 2 is 2.16 bits per heavy atom. The van der Waals surface area contributed by atoms with E-state index < -0.39 is 0 Å². The second-order valence-electron chi connectivity index (χ2n) is 6.46. The Kier molecular flexibility index (Phi) is 5.38. The molecule has 0 aliphatic heterocycles. The van der Waals surface area contributed by atoms with Crippen molar-refractivity contribution in [3.05, 3.63) is 30.1 Å². The molecule has 2 heteroatoms. The van der Waals surface area contributed by atoms with Gasteiger partial charge in [-0.15, -0.1) is 0 Å². The summed E-state index contributed by atoms with van der Waals surface area (Å²) in [7, 11) is 2.08. The van der Waals surface area contributed by atoms with Crippen LogP contribution in [-0.4, -0.2) is 18.6 Å². The van der Waals surface area contributed by atoms with Gasteiger partial charge in [0.05, 0.1) is 0 Å². The quantitative estimate of drug-likeness (QED) is 0.876. The smallest absolute Gasteiger partial charge is 0.0299 e. The molecule has 1 heterocycles. The molecule has 106 valence electrons. The summed E-state index contributed by atoms with van der Waals surface area (Å²) in [5.74, 6) is 3.39. The summed E-state index contributed by atoms with van der Waals surface area (Å²) >= 11 is 0. The van der Waals surface area contributed by atoms with Crippen LogP contribution in [0.4, 0.5) is 0 Å². The largest absolute Gasteiger partial charge is 0.319 e. The Labute approximate surface area is 118 Å². The van der Waals surface area contributed by atoms with E-state index in [1.807, 2.05) is 12.4 Å². The minimum atomic E-state index is 0.817. The van der Waals surface area contributed by atoms with E-state index in [0.717, 1.165) is 30.2 Å². The molecule has 0 saturated heterocycles. The molecule has 0 amide bonds. The van der Waals surface area contributed by atoms with Crippen molar-refractivity contribution in [2.24, 2.45) is 23.7 Å². The maximum Gasteiger partial charge on any atom is 0.0299 e. The van der Waals surface area contributed by atoms with Crippen molar-refractivity contribution in [1.29, 1.82) is 0 Å². The van der Waals surface area contributed by atoms with E-state index in [9.17, 15) is 0 Å². The zero-order valence-corrected chi connectivity index (χ0v) is 12.6. The van der Waals surface area contributed by atoms with Crippen molar-refractivity contribution in [3.63, 3.8) is 0 Å². The van der Waals surface area contributed by atoms with Gasteiger partial charge in [-0.1, -0.05) is 19.9 Å². The van der Waals surface area contributed by atoms with Crippen molar-refractivity contribution in [2.75, 3.05) is 13.6 Å². The van der Waals surface area contributed by atoms with Gasteiger partial charge in [0.15, 0.2) is 0 Å². The van der Waals surface area contributed by atoms with Crippen LogP contribution in [-0.2, 0) is 6.42 Å². The van der Waals surface area contributed by atoms with Gasteiger partial charge in [0.2, 0.25) is 0 Å². The summed E-state index contributed by atoms with van der Waals surface area (Å²) in [5, 5.41) is 3.38. The molecule has 2 nitrogen and oxygen atoms in total. The highest BCUT2D eigenvalue weighted by atomic mass is 14.8. The predicted molar refractivity (Wildman–Crippen MR) is 81.0 cm³/mol. The molecule has 0 bridgehead atoms. The molecule has 1 saturated carbocycles. The van der Waals surface area contributed by atoms with Gasteiger partial charge in [-0.3, -0.25) is 4.98 Å².